The van der Waals surface area contributed by atoms with Crippen LogP contribution >= 0.6 is 0 Å². The first-order valence-corrected chi connectivity index (χ1v) is 36.9. The zero-order chi connectivity index (χ0) is 85.5. The maximum atomic E-state index is 8.39. The van der Waals surface area contributed by atoms with E-state index in [1.807, 2.05) is 196 Å². The maximum Gasteiger partial charge on any atom is 0.212 e. The van der Waals surface area contributed by atoms with E-state index in [9.17, 15) is 0 Å². The van der Waals surface area contributed by atoms with Crippen molar-refractivity contribution in [3.05, 3.63) is 322 Å². The highest BCUT2D eigenvalue weighted by molar-refractivity contribution is 5.65. The third-order valence-electron chi connectivity index (χ3n) is 18.4. The van der Waals surface area contributed by atoms with Crippen LogP contribution in [0.3, 0.4) is 0 Å². The van der Waals surface area contributed by atoms with E-state index in [1.54, 1.807) is 26.1 Å². The summed E-state index contributed by atoms with van der Waals surface area (Å²) in [5.41, 5.74) is 26.9. The van der Waals surface area contributed by atoms with E-state index < -0.39 is 37.3 Å². The van der Waals surface area contributed by atoms with Crippen molar-refractivity contribution in [3.63, 3.8) is 0 Å². The predicted octanol–water partition coefficient (Wildman–Crippen LogP) is 21.5. The first kappa shape index (κ1) is 68.3. The van der Waals surface area contributed by atoms with Gasteiger partial charge in [0.2, 0.25) is 34.2 Å². The molecule has 0 amide bonds. The van der Waals surface area contributed by atoms with Crippen LogP contribution in [-0.4, -0.2) is 0 Å². The molecular formula is C99H126N6+6. The number of aromatic nitrogens is 6. The predicted molar refractivity (Wildman–Crippen MR) is 444 cm³/mol. The summed E-state index contributed by atoms with van der Waals surface area (Å²) < 4.78 is 90.9. The fraction of sp³-hybridized carbons (Fsp3) is 0.333. The number of rotatable bonds is 13. The van der Waals surface area contributed by atoms with E-state index in [-0.39, 0.29) is 0 Å². The van der Waals surface area contributed by atoms with Crippen LogP contribution in [-0.2, 0) is 74.2 Å². The van der Waals surface area contributed by atoms with Gasteiger partial charge in [-0.1, -0.05) is 192 Å². The molecule has 1 atom stereocenters. The molecule has 0 N–H and O–H groups in total. The Balaban J connectivity index is 0.000000191. The second kappa shape index (κ2) is 38.8. The second-order valence-corrected chi connectivity index (χ2v) is 30.4. The van der Waals surface area contributed by atoms with Crippen molar-refractivity contribution >= 4 is 0 Å². The quantitative estimate of drug-likeness (QED) is 0.103. The van der Waals surface area contributed by atoms with E-state index in [0.29, 0.717) is 28.0 Å². The minimum Gasteiger partial charge on any atom is -0.201 e. The lowest BCUT2D eigenvalue weighted by molar-refractivity contribution is -0.661. The van der Waals surface area contributed by atoms with Crippen LogP contribution in [0.4, 0.5) is 0 Å². The molecule has 6 nitrogen and oxygen atoms in total. The standard InChI is InChI=1S/2C18H24N.C17H22N.C16H20N.2C15H18N/c1-14-8-6-7-9-16(14)17-12-15(10-11-19(17)5)13-18(2,3)4;1-14-8-6-7-9-16(14)17-11-10-15(13-19(17)5)12-18(2,3)4;1-13(2)11-15-9-10-18(4)17(12-15)16-8-6-5-7-14(16)3;1-12(2)14-9-10-16(17(4)11-14)15-8-6-5-7-13(15)3;1-4-13-9-10-16(3)15(11-13)14-8-6-5-7-12(14)2;1-4-13-9-10-15(16(3)11-13)14-8-6-5-7-12(14)2/h6-12H,13H2,1-5H3;6-11,13H,12H2,1-5H3;5-10,12-13H,11H2,1-4H3;5-12H,1-4H3;2*5-11H,4H2,1-3H3/q6*+1/i;12D2;;1D3,12D;2*4D2. The molecule has 546 valence electrons. The van der Waals surface area contributed by atoms with Gasteiger partial charge < -0.3 is 0 Å². The molecule has 0 aliphatic carbocycles. The van der Waals surface area contributed by atoms with Crippen molar-refractivity contribution in [1.82, 2.24) is 0 Å². The van der Waals surface area contributed by atoms with Crippen molar-refractivity contribution in [3.8, 4) is 67.5 Å². The number of pyridine rings is 6. The Morgan fingerprint density at radius 3 is 0.962 bits per heavy atom. The van der Waals surface area contributed by atoms with E-state index >= 15 is 0 Å². The average Bonchev–Trinajstić information content (AvgIpc) is 0.781. The van der Waals surface area contributed by atoms with Crippen LogP contribution in [0.1, 0.15) is 169 Å². The average molecular weight is 1410 g/mol. The highest BCUT2D eigenvalue weighted by Crippen LogP contribution is 2.29. The van der Waals surface area contributed by atoms with Gasteiger partial charge in [-0.05, 0) is 201 Å². The summed E-state index contributed by atoms with van der Waals surface area (Å²) in [6.07, 6.45) is 10.0. The van der Waals surface area contributed by atoms with Gasteiger partial charge in [0.15, 0.2) is 37.2 Å². The van der Waals surface area contributed by atoms with Gasteiger partial charge in [-0.25, -0.2) is 27.4 Å². The molecule has 0 bridgehead atoms. The van der Waals surface area contributed by atoms with Crippen LogP contribution in [0.25, 0.3) is 67.5 Å². The van der Waals surface area contributed by atoms with Crippen molar-refractivity contribution in [1.29, 1.82) is 0 Å². The van der Waals surface area contributed by atoms with Gasteiger partial charge in [-0.3, -0.25) is 0 Å². The van der Waals surface area contributed by atoms with E-state index in [0.717, 1.165) is 57.9 Å². The molecule has 0 saturated heterocycles. The first-order valence-electron chi connectivity index (χ1n) is 41.9. The highest BCUT2D eigenvalue weighted by Gasteiger charge is 2.21. The van der Waals surface area contributed by atoms with E-state index in [2.05, 4.69) is 214 Å². The topological polar surface area (TPSA) is 23.3 Å². The van der Waals surface area contributed by atoms with Crippen LogP contribution in [0.15, 0.2) is 256 Å². The summed E-state index contributed by atoms with van der Waals surface area (Å²) in [6, 6.07) is 74.1. The van der Waals surface area contributed by atoms with Gasteiger partial charge in [0, 0.05) is 118 Å². The van der Waals surface area contributed by atoms with E-state index in [1.165, 1.54) is 79.5 Å². The Morgan fingerprint density at radius 2 is 0.638 bits per heavy atom. The van der Waals surface area contributed by atoms with Crippen molar-refractivity contribution in [2.75, 3.05) is 0 Å². The SMILES string of the molecule is Cc1ccccc1-c1cc(CC(C)(C)C)cc[n+]1C.Cc1ccccc1-c1cc(CC(C)C)cc[n+]1C.[2H]C([2H])(C)c1cc[n+](C)c(-c2ccccc2C)c1.[2H]C([2H])(C)c1ccc(-c2ccccc2C)[n+](C)c1.[2H]C([2H])([2H])C([2H])(C)c1ccc(-c2ccccc2C)[n+](C)c1.[2H]C([2H])(c1ccc(-c2ccccc2C)[n+](C)c1)C(C)(C)C. The lowest BCUT2D eigenvalue weighted by Crippen LogP contribution is -2.32. The first-order chi connectivity index (χ1) is 53.5. The van der Waals surface area contributed by atoms with Gasteiger partial charge >= 0.3 is 0 Å². The van der Waals surface area contributed by atoms with Gasteiger partial charge in [0.25, 0.3) is 0 Å². The highest BCUT2D eigenvalue weighted by atomic mass is 14.9. The van der Waals surface area contributed by atoms with E-state index in [4.69, 9.17) is 13.7 Å². The number of benzene rings is 6. The monoisotopic (exact) mass is 1410 g/mol. The maximum absolute atomic E-state index is 8.39. The summed E-state index contributed by atoms with van der Waals surface area (Å²) in [4.78, 5) is 0. The van der Waals surface area contributed by atoms with Crippen molar-refractivity contribution in [2.45, 2.75) is 162 Å². The zero-order valence-electron chi connectivity index (χ0n) is 77.4. The zero-order valence-corrected chi connectivity index (χ0v) is 67.4. The Labute approximate surface area is 649 Å². The molecule has 0 aliphatic rings. The molecule has 1 unspecified atom stereocenters. The Kier molecular flexibility index (Phi) is 25.3. The molecule has 6 aromatic carbocycles. The molecule has 0 fully saturated rings. The van der Waals surface area contributed by atoms with Crippen LogP contribution in [0.5, 0.6) is 0 Å². The molecule has 12 rings (SSSR count). The lowest BCUT2D eigenvalue weighted by Gasteiger charge is -2.18. The summed E-state index contributed by atoms with van der Waals surface area (Å²) >= 11 is 0. The number of aryl methyl sites for hydroxylation is 14. The number of nitrogens with zero attached hydrogens (tertiary/aromatic N) is 6. The fourth-order valence-corrected chi connectivity index (χ4v) is 12.8. The summed E-state index contributed by atoms with van der Waals surface area (Å²) in [5.74, 6) is -0.919. The summed E-state index contributed by atoms with van der Waals surface area (Å²) in [7, 11) is 12.0. The van der Waals surface area contributed by atoms with Gasteiger partial charge in [0.1, 0.15) is 42.3 Å². The van der Waals surface area contributed by atoms with Gasteiger partial charge in [0.05, 0.1) is 0 Å². The molecule has 0 aliphatic heterocycles. The van der Waals surface area contributed by atoms with Crippen LogP contribution in [0, 0.1) is 58.3 Å². The smallest absolute Gasteiger partial charge is 0.201 e. The molecule has 0 saturated carbocycles. The molecular weight excluding hydrogens is 1270 g/mol. The fourth-order valence-electron chi connectivity index (χ4n) is 12.8. The third kappa shape index (κ3) is 24.7. The molecule has 12 aromatic rings. The minimum absolute atomic E-state index is 0.322. The van der Waals surface area contributed by atoms with Crippen molar-refractivity contribution < 1.29 is 41.1 Å². The second-order valence-electron chi connectivity index (χ2n) is 30.4. The molecule has 6 heterocycles. The molecule has 6 aromatic heterocycles. The Hall–Kier alpha value is -9.78. The molecule has 105 heavy (non-hydrogen) atoms. The van der Waals surface area contributed by atoms with Crippen LogP contribution in [0.2, 0.25) is 0 Å². The summed E-state index contributed by atoms with van der Waals surface area (Å²) in [5, 5.41) is 0. The van der Waals surface area contributed by atoms with Crippen molar-refractivity contribution in [2.24, 2.45) is 59.0 Å². The molecule has 6 heteroatoms. The van der Waals surface area contributed by atoms with Crippen LogP contribution < -0.4 is 27.4 Å². The Bertz CT molecular complexity index is 5150. The third-order valence-corrected chi connectivity index (χ3v) is 18.4. The molecule has 0 radical (unpaired) electrons. The molecule has 0 spiro atoms. The number of hydrogen-bond donors (Lipinski definition) is 0. The minimum atomic E-state index is -2.36. The lowest BCUT2D eigenvalue weighted by atomic mass is 9.88. The number of hydrogen-bond acceptors (Lipinski definition) is 0. The largest absolute Gasteiger partial charge is 0.212 e. The normalized spacial score (nSPS) is 13.5. The Morgan fingerprint density at radius 1 is 0.333 bits per heavy atom. The summed E-state index contributed by atoms with van der Waals surface area (Å²) in [6.45, 7) is 32.1. The van der Waals surface area contributed by atoms with Gasteiger partial charge in [-0.2, -0.15) is 0 Å². The van der Waals surface area contributed by atoms with Gasteiger partial charge in [-0.15, -0.1) is 0 Å².